The Kier molecular flexibility index (Phi) is 14.9. The van der Waals surface area contributed by atoms with Gasteiger partial charge in [0.05, 0.1) is 24.1 Å². The van der Waals surface area contributed by atoms with Crippen molar-refractivity contribution in [2.24, 2.45) is 57.1 Å². The Morgan fingerprint density at radius 3 is 2.57 bits per heavy atom. The lowest BCUT2D eigenvalue weighted by Gasteiger charge is -2.58. The molecule has 0 aromatic heterocycles. The van der Waals surface area contributed by atoms with Gasteiger partial charge in [0.25, 0.3) is 0 Å². The van der Waals surface area contributed by atoms with Crippen molar-refractivity contribution in [2.45, 2.75) is 143 Å². The number of carboxylic acid groups (broad SMARTS) is 1. The van der Waals surface area contributed by atoms with Gasteiger partial charge in [-0.1, -0.05) is 87.1 Å². The molecule has 0 aliphatic heterocycles. The Morgan fingerprint density at radius 2 is 1.86 bits per heavy atom. The molecule has 0 saturated heterocycles. The van der Waals surface area contributed by atoms with Crippen LogP contribution in [0.5, 0.6) is 0 Å². The summed E-state index contributed by atoms with van der Waals surface area (Å²) in [5, 5.41) is 11.3. The van der Waals surface area contributed by atoms with E-state index < -0.39 is 11.2 Å². The summed E-state index contributed by atoms with van der Waals surface area (Å²) in [6.45, 7) is 14.6. The highest BCUT2D eigenvalue weighted by Crippen LogP contribution is 2.67. The van der Waals surface area contributed by atoms with Crippen LogP contribution in [0, 0.1) is 46.3 Å². The summed E-state index contributed by atoms with van der Waals surface area (Å²) in [4.78, 5) is 39.6. The zero-order valence-corrected chi connectivity index (χ0v) is 32.8. The van der Waals surface area contributed by atoms with Gasteiger partial charge in [-0.2, -0.15) is 0 Å². The molecule has 4 aliphatic carbocycles. The van der Waals surface area contributed by atoms with Crippen LogP contribution in [0.1, 0.15) is 131 Å². The average molecular weight is 720 g/mol. The van der Waals surface area contributed by atoms with Gasteiger partial charge >= 0.3 is 12.1 Å². The lowest BCUT2D eigenvalue weighted by atomic mass is 9.47. The molecule has 278 valence electrons. The molecular weight excluding hydrogens is 655 g/mol. The zero-order valence-electron chi connectivity index (χ0n) is 31.1. The molecule has 49 heavy (non-hydrogen) atoms. The van der Waals surface area contributed by atoms with Gasteiger partial charge in [0.1, 0.15) is 11.9 Å². The highest BCUT2D eigenvalue weighted by atomic mass is 33.1. The second-order valence-corrected chi connectivity index (χ2v) is 19.3. The van der Waals surface area contributed by atoms with Crippen LogP contribution in [-0.4, -0.2) is 59.0 Å². The number of hydrogen-bond donors (Lipinski definition) is 3. The van der Waals surface area contributed by atoms with Gasteiger partial charge in [0.2, 0.25) is 0 Å². The molecule has 0 spiro atoms. The first-order valence-corrected chi connectivity index (χ1v) is 21.6. The number of aliphatic carboxylic acids is 1. The first kappa shape index (κ1) is 40.1. The summed E-state index contributed by atoms with van der Waals surface area (Å²) in [5.41, 5.74) is 8.32. The highest BCUT2D eigenvalue weighted by Gasteiger charge is 2.59. The molecule has 9 atom stereocenters. The number of hydrogen-bond acceptors (Lipinski definition) is 7. The van der Waals surface area contributed by atoms with E-state index in [1.807, 2.05) is 0 Å². The molecule has 0 heterocycles. The summed E-state index contributed by atoms with van der Waals surface area (Å²) >= 11 is 0. The third kappa shape index (κ3) is 10.4. The molecule has 0 bridgehead atoms. The summed E-state index contributed by atoms with van der Waals surface area (Å²) in [5.74, 6) is 5.10. The van der Waals surface area contributed by atoms with E-state index in [9.17, 15) is 14.4 Å². The zero-order chi connectivity index (χ0) is 35.8. The number of amidine groups is 1. The third-order valence-electron chi connectivity index (χ3n) is 12.9. The van der Waals surface area contributed by atoms with E-state index >= 15 is 0 Å². The first-order chi connectivity index (χ1) is 23.2. The van der Waals surface area contributed by atoms with Crippen molar-refractivity contribution in [2.75, 3.05) is 18.8 Å². The molecule has 3 fully saturated rings. The number of fused-ring (bicyclic) bond motifs is 5. The van der Waals surface area contributed by atoms with E-state index in [2.05, 4.69) is 51.0 Å². The Labute approximate surface area is 304 Å². The van der Waals surface area contributed by atoms with Crippen molar-refractivity contribution in [3.63, 3.8) is 0 Å². The number of Topliss-reactive ketones (excluding diaryl/α,β-unsaturated/α-hetero) is 1. The van der Waals surface area contributed by atoms with Gasteiger partial charge in [-0.15, -0.1) is 0 Å². The predicted octanol–water partition coefficient (Wildman–Crippen LogP) is 9.07. The van der Waals surface area contributed by atoms with E-state index in [0.717, 1.165) is 66.9 Å². The summed E-state index contributed by atoms with van der Waals surface area (Å²) < 4.78 is 5.92. The molecule has 4 N–H and O–H groups in total. The number of nitrogens with one attached hydrogen (secondary N) is 1. The van der Waals surface area contributed by atoms with Crippen LogP contribution in [0.4, 0.5) is 4.79 Å². The maximum Gasteiger partial charge on any atom is 0.407 e. The topological polar surface area (TPSA) is 131 Å². The Balaban J connectivity index is 1.17. The molecular formula is C39H65N3O5S2. The predicted molar refractivity (Wildman–Crippen MR) is 204 cm³/mol. The van der Waals surface area contributed by atoms with Crippen molar-refractivity contribution in [1.82, 2.24) is 5.32 Å². The smallest absolute Gasteiger partial charge is 0.407 e. The van der Waals surface area contributed by atoms with Crippen LogP contribution >= 0.6 is 21.6 Å². The van der Waals surface area contributed by atoms with Crippen LogP contribution < -0.4 is 11.1 Å². The normalized spacial score (nSPS) is 32.3. The van der Waals surface area contributed by atoms with Crippen LogP contribution in [-0.2, 0) is 14.3 Å². The number of ketones is 1. The minimum atomic E-state index is -0.968. The number of ether oxygens (including phenoxy) is 1. The molecule has 10 heteroatoms. The van der Waals surface area contributed by atoms with E-state index in [-0.39, 0.29) is 29.8 Å². The maximum atomic E-state index is 12.7. The Bertz CT molecular complexity index is 1210. The summed E-state index contributed by atoms with van der Waals surface area (Å²) in [6, 6.07) is 0. The van der Waals surface area contributed by atoms with E-state index in [4.69, 9.17) is 15.6 Å². The van der Waals surface area contributed by atoms with Crippen LogP contribution in [0.2, 0.25) is 0 Å². The number of amides is 1. The Hall–Kier alpha value is -1.68. The van der Waals surface area contributed by atoms with Crippen molar-refractivity contribution >= 4 is 45.3 Å². The second kappa shape index (κ2) is 18.2. The van der Waals surface area contributed by atoms with Crippen molar-refractivity contribution in [3.8, 4) is 0 Å². The fraction of sp³-hybridized carbons (Fsp3) is 0.846. The highest BCUT2D eigenvalue weighted by molar-refractivity contribution is 8.77. The van der Waals surface area contributed by atoms with Gasteiger partial charge in [-0.25, -0.2) is 4.79 Å². The van der Waals surface area contributed by atoms with Crippen molar-refractivity contribution < 1.29 is 24.2 Å². The van der Waals surface area contributed by atoms with E-state index in [0.29, 0.717) is 30.8 Å². The van der Waals surface area contributed by atoms with Crippen molar-refractivity contribution in [3.05, 3.63) is 11.6 Å². The minimum absolute atomic E-state index is 0.0747. The average Bonchev–Trinajstić information content (AvgIpc) is 3.39. The van der Waals surface area contributed by atoms with Crippen LogP contribution in [0.3, 0.4) is 0 Å². The van der Waals surface area contributed by atoms with E-state index in [1.54, 1.807) is 0 Å². The second-order valence-electron chi connectivity index (χ2n) is 16.6. The number of alkyl carbamates (subject to hydrolysis) is 1. The molecule has 8 nitrogen and oxygen atoms in total. The quantitative estimate of drug-likeness (QED) is 0.0421. The molecule has 0 aromatic carbocycles. The summed E-state index contributed by atoms with van der Waals surface area (Å²) in [6.07, 6.45) is 17.1. The van der Waals surface area contributed by atoms with Gasteiger partial charge in [0.15, 0.2) is 0 Å². The van der Waals surface area contributed by atoms with Gasteiger partial charge in [-0.05, 0) is 105 Å². The van der Waals surface area contributed by atoms with Crippen molar-refractivity contribution in [1.29, 1.82) is 0 Å². The number of carboxylic acids is 1. The monoisotopic (exact) mass is 719 g/mol. The number of allylic oxidation sites excluding steroid dienone is 1. The Morgan fingerprint density at radius 1 is 1.08 bits per heavy atom. The fourth-order valence-electron chi connectivity index (χ4n) is 10.2. The van der Waals surface area contributed by atoms with Gasteiger partial charge in [-0.3, -0.25) is 14.6 Å². The molecule has 9 unspecified atom stereocenters. The van der Waals surface area contributed by atoms with Crippen LogP contribution in [0.15, 0.2) is 16.6 Å². The molecule has 3 saturated carbocycles. The van der Waals surface area contributed by atoms with Crippen LogP contribution in [0.25, 0.3) is 0 Å². The standard InChI is InChI=1S/C39H65N3O5S2/c1-25(2)9-7-10-26(3)31-14-15-32-30-13-12-28-23-29(16-18-38(28,5)33(30)17-19-39(31,32)6)47-37(46)42-21-20-41-35(40)11-8-22-48-49-34(27(4)43)24-36(44)45/h12,25-26,29-34H,7-11,13-24H2,1-6H3,(H2,40,41)(H,42,46)(H,44,45). The third-order valence-corrected chi connectivity index (χ3v) is 15.8. The molecule has 0 aromatic rings. The minimum Gasteiger partial charge on any atom is -0.481 e. The number of carbonyl (C=O) groups is 3. The fourth-order valence-corrected chi connectivity index (χ4v) is 12.8. The lowest BCUT2D eigenvalue weighted by Crippen LogP contribution is -2.51. The van der Waals surface area contributed by atoms with Gasteiger partial charge in [0, 0.05) is 25.1 Å². The first-order valence-electron chi connectivity index (χ1n) is 19.2. The molecule has 4 rings (SSSR count). The number of nitrogens with two attached hydrogens (primary N) is 1. The molecule has 0 radical (unpaired) electrons. The molecule has 1 amide bonds. The maximum absolute atomic E-state index is 12.7. The van der Waals surface area contributed by atoms with E-state index in [1.165, 1.54) is 85.5 Å². The SMILES string of the molecule is CC(=O)C(CC(=O)O)SSCCCC(N)=NCCNC(=O)OC1CCC2(C)C(=CCC3C2CCC2(C)C(C(C)CCCC(C)C)CCC32)C1. The number of rotatable bonds is 18. The van der Waals surface area contributed by atoms with Gasteiger partial charge < -0.3 is 20.9 Å². The summed E-state index contributed by atoms with van der Waals surface area (Å²) in [7, 11) is 2.79. The number of nitrogens with zero attached hydrogens (tertiary/aromatic N) is 1. The largest absolute Gasteiger partial charge is 0.481 e. The molecule has 4 aliphatic rings. The lowest BCUT2D eigenvalue weighted by molar-refractivity contribution is -0.138. The number of aliphatic imine (C=N–C) groups is 1. The number of carbonyl (C=O) groups excluding carboxylic acids is 2.